The van der Waals surface area contributed by atoms with Gasteiger partial charge in [0.25, 0.3) is 5.91 Å². The molecule has 0 spiro atoms. The first-order valence-corrected chi connectivity index (χ1v) is 8.79. The summed E-state index contributed by atoms with van der Waals surface area (Å²) in [6.45, 7) is 2.04. The maximum atomic E-state index is 12.7. The number of rotatable bonds is 3. The predicted molar refractivity (Wildman–Crippen MR) is 94.2 cm³/mol. The van der Waals surface area contributed by atoms with E-state index in [1.165, 1.54) is 32.1 Å². The van der Waals surface area contributed by atoms with Gasteiger partial charge in [-0.25, -0.2) is 0 Å². The minimum absolute atomic E-state index is 0. The van der Waals surface area contributed by atoms with Crippen molar-refractivity contribution in [1.82, 2.24) is 20.0 Å². The Balaban J connectivity index is 0.00000192. The predicted octanol–water partition coefficient (Wildman–Crippen LogP) is 3.02. The van der Waals surface area contributed by atoms with Gasteiger partial charge in [0.05, 0.1) is 6.04 Å². The van der Waals surface area contributed by atoms with Crippen LogP contribution in [0.1, 0.15) is 67.9 Å². The minimum Gasteiger partial charge on any atom is -0.337 e. The number of carbonyl (C=O) groups is 1. The highest BCUT2D eigenvalue weighted by atomic mass is 35.5. The van der Waals surface area contributed by atoms with Crippen molar-refractivity contribution in [2.24, 2.45) is 0 Å². The average molecular weight is 341 g/mol. The third-order valence-corrected chi connectivity index (χ3v) is 5.17. The lowest BCUT2D eigenvalue weighted by atomic mass is 10.1. The summed E-state index contributed by atoms with van der Waals surface area (Å²) in [6.07, 6.45) is 11.6. The molecule has 0 aromatic carbocycles. The van der Waals surface area contributed by atoms with E-state index in [0.29, 0.717) is 17.8 Å². The van der Waals surface area contributed by atoms with E-state index in [-0.39, 0.29) is 18.3 Å². The van der Waals surface area contributed by atoms with Crippen LogP contribution in [0, 0.1) is 0 Å². The summed E-state index contributed by atoms with van der Waals surface area (Å²) >= 11 is 0. The molecule has 2 fully saturated rings. The van der Waals surface area contributed by atoms with Gasteiger partial charge in [-0.15, -0.1) is 12.4 Å². The van der Waals surface area contributed by atoms with Crippen LogP contribution in [0.15, 0.2) is 12.3 Å². The third kappa shape index (κ3) is 4.48. The number of piperidine rings is 1. The summed E-state index contributed by atoms with van der Waals surface area (Å²) in [5.74, 6) is 0.0782. The number of amides is 1. The van der Waals surface area contributed by atoms with Gasteiger partial charge in [0.15, 0.2) is 0 Å². The maximum absolute atomic E-state index is 12.7. The first kappa shape index (κ1) is 18.3. The molecule has 1 aliphatic heterocycles. The lowest BCUT2D eigenvalue weighted by molar-refractivity contribution is 0.0710. The van der Waals surface area contributed by atoms with Gasteiger partial charge in [-0.2, -0.15) is 5.10 Å². The largest absolute Gasteiger partial charge is 0.337 e. The minimum atomic E-state index is 0. The van der Waals surface area contributed by atoms with Crippen LogP contribution in [0.2, 0.25) is 0 Å². The molecule has 1 aromatic rings. The monoisotopic (exact) mass is 340 g/mol. The van der Waals surface area contributed by atoms with Crippen LogP contribution in [0.3, 0.4) is 0 Å². The molecule has 0 bridgehead atoms. The zero-order valence-corrected chi connectivity index (χ0v) is 14.9. The molecule has 1 N–H and O–H groups in total. The Labute approximate surface area is 145 Å². The summed E-state index contributed by atoms with van der Waals surface area (Å²) < 4.78 is 1.97. The van der Waals surface area contributed by atoms with Crippen LogP contribution in [0.5, 0.6) is 0 Å². The molecule has 3 rings (SSSR count). The van der Waals surface area contributed by atoms with E-state index in [0.717, 1.165) is 32.4 Å². The van der Waals surface area contributed by atoms with E-state index in [2.05, 4.69) is 10.4 Å². The standard InChI is InChI=1S/C17H28N4O.ClH/c1-20(14-7-4-2-3-5-8-14)17(22)16-10-12-21(19-16)15-9-6-11-18-13-15;/h10,12,14-15,18H,2-9,11,13H2,1H3;1H. The van der Waals surface area contributed by atoms with E-state index < -0.39 is 0 Å². The Morgan fingerprint density at radius 1 is 1.22 bits per heavy atom. The smallest absolute Gasteiger partial charge is 0.274 e. The lowest BCUT2D eigenvalue weighted by Crippen LogP contribution is -2.37. The number of nitrogens with one attached hydrogen (secondary N) is 1. The first-order chi connectivity index (χ1) is 10.8. The molecule has 1 saturated heterocycles. The zero-order valence-electron chi connectivity index (χ0n) is 14.0. The van der Waals surface area contributed by atoms with Crippen molar-refractivity contribution in [1.29, 1.82) is 0 Å². The van der Waals surface area contributed by atoms with Gasteiger partial charge in [-0.1, -0.05) is 25.7 Å². The van der Waals surface area contributed by atoms with Crippen molar-refractivity contribution in [2.75, 3.05) is 20.1 Å². The zero-order chi connectivity index (χ0) is 15.4. The summed E-state index contributed by atoms with van der Waals surface area (Å²) in [5.41, 5.74) is 0.595. The molecule has 1 saturated carbocycles. The van der Waals surface area contributed by atoms with Crippen LogP contribution >= 0.6 is 12.4 Å². The van der Waals surface area contributed by atoms with Gasteiger partial charge < -0.3 is 10.2 Å². The molecule has 23 heavy (non-hydrogen) atoms. The molecular weight excluding hydrogens is 312 g/mol. The highest BCUT2D eigenvalue weighted by Gasteiger charge is 2.24. The average Bonchev–Trinajstić information content (AvgIpc) is 2.90. The number of hydrogen-bond donors (Lipinski definition) is 1. The van der Waals surface area contributed by atoms with Crippen LogP contribution in [-0.4, -0.2) is 46.8 Å². The Kier molecular flexibility index (Phi) is 6.90. The van der Waals surface area contributed by atoms with E-state index >= 15 is 0 Å². The molecule has 1 atom stereocenters. The van der Waals surface area contributed by atoms with Gasteiger partial charge in [0.1, 0.15) is 5.69 Å². The Hall–Kier alpha value is -1.07. The Morgan fingerprint density at radius 3 is 2.61 bits per heavy atom. The van der Waals surface area contributed by atoms with Gasteiger partial charge >= 0.3 is 0 Å². The van der Waals surface area contributed by atoms with E-state index in [1.54, 1.807) is 0 Å². The molecule has 130 valence electrons. The number of carbonyl (C=O) groups excluding carboxylic acids is 1. The van der Waals surface area contributed by atoms with Gasteiger partial charge in [0, 0.05) is 25.8 Å². The van der Waals surface area contributed by atoms with Crippen LogP contribution in [0.4, 0.5) is 0 Å². The van der Waals surface area contributed by atoms with Crippen LogP contribution < -0.4 is 5.32 Å². The van der Waals surface area contributed by atoms with Crippen molar-refractivity contribution in [3.8, 4) is 0 Å². The molecule has 0 radical (unpaired) electrons. The SMILES string of the molecule is CN(C(=O)c1ccn(C2CCCNC2)n1)C1CCCCCC1.Cl. The quantitative estimate of drug-likeness (QED) is 0.860. The fourth-order valence-electron chi connectivity index (χ4n) is 3.71. The summed E-state index contributed by atoms with van der Waals surface area (Å²) in [6, 6.07) is 2.65. The molecule has 1 unspecified atom stereocenters. The van der Waals surface area contributed by atoms with Crippen molar-refractivity contribution < 1.29 is 4.79 Å². The first-order valence-electron chi connectivity index (χ1n) is 8.79. The third-order valence-electron chi connectivity index (χ3n) is 5.17. The maximum Gasteiger partial charge on any atom is 0.274 e. The topological polar surface area (TPSA) is 50.2 Å². The fraction of sp³-hybridized carbons (Fsp3) is 0.765. The van der Waals surface area contributed by atoms with Gasteiger partial charge in [-0.3, -0.25) is 9.48 Å². The number of halogens is 1. The molecule has 1 aliphatic carbocycles. The van der Waals surface area contributed by atoms with Crippen molar-refractivity contribution >= 4 is 18.3 Å². The van der Waals surface area contributed by atoms with Gasteiger partial charge in [-0.05, 0) is 38.3 Å². The second-order valence-electron chi connectivity index (χ2n) is 6.74. The van der Waals surface area contributed by atoms with E-state index in [1.807, 2.05) is 28.9 Å². The molecule has 5 nitrogen and oxygen atoms in total. The number of nitrogens with zero attached hydrogens (tertiary/aromatic N) is 3. The second-order valence-corrected chi connectivity index (χ2v) is 6.74. The molecule has 2 heterocycles. The second kappa shape index (κ2) is 8.69. The fourth-order valence-corrected chi connectivity index (χ4v) is 3.71. The van der Waals surface area contributed by atoms with Crippen LogP contribution in [0.25, 0.3) is 0 Å². The Morgan fingerprint density at radius 2 is 1.96 bits per heavy atom. The van der Waals surface area contributed by atoms with Crippen molar-refractivity contribution in [3.05, 3.63) is 18.0 Å². The van der Waals surface area contributed by atoms with E-state index in [4.69, 9.17) is 0 Å². The Bertz CT molecular complexity index is 491. The molecule has 6 heteroatoms. The number of aromatic nitrogens is 2. The summed E-state index contributed by atoms with van der Waals surface area (Å²) in [7, 11) is 1.94. The van der Waals surface area contributed by atoms with E-state index in [9.17, 15) is 4.79 Å². The summed E-state index contributed by atoms with van der Waals surface area (Å²) in [5, 5.41) is 7.96. The summed E-state index contributed by atoms with van der Waals surface area (Å²) in [4.78, 5) is 14.6. The molecule has 1 aromatic heterocycles. The molecule has 1 amide bonds. The molecule has 2 aliphatic rings. The highest BCUT2D eigenvalue weighted by Crippen LogP contribution is 2.22. The van der Waals surface area contributed by atoms with Crippen molar-refractivity contribution in [2.45, 2.75) is 63.5 Å². The van der Waals surface area contributed by atoms with Gasteiger partial charge in [0.2, 0.25) is 0 Å². The normalized spacial score (nSPS) is 22.9. The highest BCUT2D eigenvalue weighted by molar-refractivity contribution is 5.92. The molecular formula is C17H29ClN4O. The van der Waals surface area contributed by atoms with Crippen LogP contribution in [-0.2, 0) is 0 Å². The van der Waals surface area contributed by atoms with Crippen molar-refractivity contribution in [3.63, 3.8) is 0 Å². The number of hydrogen-bond acceptors (Lipinski definition) is 3. The lowest BCUT2D eigenvalue weighted by Gasteiger charge is -2.26.